The van der Waals surface area contributed by atoms with Crippen LogP contribution in [0.25, 0.3) is 0 Å². The van der Waals surface area contributed by atoms with Gasteiger partial charge in [0.1, 0.15) is 0 Å². The van der Waals surface area contributed by atoms with Crippen molar-refractivity contribution in [2.45, 2.75) is 0 Å². The number of benzene rings is 1. The summed E-state index contributed by atoms with van der Waals surface area (Å²) < 4.78 is 24.9. The molecule has 0 aliphatic heterocycles. The lowest BCUT2D eigenvalue weighted by molar-refractivity contribution is 0.320. The van der Waals surface area contributed by atoms with Gasteiger partial charge in [-0.15, -0.1) is 6.42 Å². The maximum absolute atomic E-state index is 11.3. The molecule has 0 saturated heterocycles. The van der Waals surface area contributed by atoms with Crippen molar-refractivity contribution in [1.29, 1.82) is 0 Å². The van der Waals surface area contributed by atoms with Gasteiger partial charge in [0.2, 0.25) is 10.0 Å². The fourth-order valence-corrected chi connectivity index (χ4v) is 1.85. The van der Waals surface area contributed by atoms with Gasteiger partial charge in [0.05, 0.1) is 12.4 Å². The predicted molar refractivity (Wildman–Crippen MR) is 58.9 cm³/mol. The molecule has 2 N–H and O–H groups in total. The molecule has 0 aromatic heterocycles. The number of rotatable bonds is 4. The van der Waals surface area contributed by atoms with Crippen molar-refractivity contribution in [1.82, 2.24) is 0 Å². The summed E-state index contributed by atoms with van der Waals surface area (Å²) >= 11 is 0. The minimum Gasteiger partial charge on any atom is -0.395 e. The van der Waals surface area contributed by atoms with Crippen molar-refractivity contribution in [2.24, 2.45) is 0 Å². The first kappa shape index (κ1) is 11.6. The highest BCUT2D eigenvalue weighted by atomic mass is 32.2. The number of aliphatic hydroxyl groups excluding tert-OH is 1. The highest BCUT2D eigenvalue weighted by molar-refractivity contribution is 7.92. The second-order valence-corrected chi connectivity index (χ2v) is 4.71. The van der Waals surface area contributed by atoms with Gasteiger partial charge >= 0.3 is 0 Å². The Morgan fingerprint density at radius 1 is 1.47 bits per heavy atom. The average molecular weight is 225 g/mol. The zero-order valence-electron chi connectivity index (χ0n) is 7.97. The van der Waals surface area contributed by atoms with Crippen LogP contribution in [0.15, 0.2) is 24.3 Å². The van der Waals surface area contributed by atoms with Crippen molar-refractivity contribution >= 4 is 15.7 Å². The van der Waals surface area contributed by atoms with Crippen LogP contribution in [0.2, 0.25) is 0 Å². The number of anilines is 1. The second kappa shape index (κ2) is 4.82. The molecular formula is C10H11NO3S. The van der Waals surface area contributed by atoms with Gasteiger partial charge in [0.25, 0.3) is 0 Å². The molecule has 0 fully saturated rings. The third-order valence-corrected chi connectivity index (χ3v) is 2.93. The summed E-state index contributed by atoms with van der Waals surface area (Å²) in [5.41, 5.74) is 0.998. The standard InChI is InChI=1S/C10H11NO3S/c1-2-9-4-3-5-10(8-9)11-15(13,14)7-6-12/h1,3-5,8,11-12H,6-7H2. The molecule has 0 spiro atoms. The topological polar surface area (TPSA) is 66.4 Å². The van der Waals surface area contributed by atoms with Gasteiger partial charge in [0, 0.05) is 11.3 Å². The summed E-state index contributed by atoms with van der Waals surface area (Å²) in [7, 11) is -3.48. The van der Waals surface area contributed by atoms with Gasteiger partial charge in [-0.05, 0) is 18.2 Å². The Kier molecular flexibility index (Phi) is 3.72. The quantitative estimate of drug-likeness (QED) is 0.729. The van der Waals surface area contributed by atoms with E-state index in [0.717, 1.165) is 0 Å². The zero-order chi connectivity index (χ0) is 11.3. The highest BCUT2D eigenvalue weighted by Crippen LogP contribution is 2.11. The Labute approximate surface area is 89.0 Å². The van der Waals surface area contributed by atoms with Crippen LogP contribution in [-0.4, -0.2) is 25.9 Å². The summed E-state index contributed by atoms with van der Waals surface area (Å²) in [4.78, 5) is 0. The van der Waals surface area contributed by atoms with E-state index in [1.54, 1.807) is 24.3 Å². The summed E-state index contributed by atoms with van der Waals surface area (Å²) in [6.07, 6.45) is 5.17. The monoisotopic (exact) mass is 225 g/mol. The van der Waals surface area contributed by atoms with E-state index in [0.29, 0.717) is 11.3 Å². The van der Waals surface area contributed by atoms with E-state index in [1.165, 1.54) is 0 Å². The molecule has 1 aromatic carbocycles. The summed E-state index contributed by atoms with van der Waals surface area (Å²) in [5.74, 6) is 2.07. The molecule has 0 saturated carbocycles. The molecule has 0 aliphatic carbocycles. The highest BCUT2D eigenvalue weighted by Gasteiger charge is 2.08. The average Bonchev–Trinajstić information content (AvgIpc) is 2.17. The van der Waals surface area contributed by atoms with Gasteiger partial charge in [-0.1, -0.05) is 12.0 Å². The molecule has 0 heterocycles. The van der Waals surface area contributed by atoms with Crippen molar-refractivity contribution in [3.8, 4) is 12.3 Å². The Morgan fingerprint density at radius 3 is 2.80 bits per heavy atom. The molecular weight excluding hydrogens is 214 g/mol. The molecule has 0 bridgehead atoms. The van der Waals surface area contributed by atoms with E-state index in [9.17, 15) is 8.42 Å². The molecule has 4 nitrogen and oxygen atoms in total. The predicted octanol–water partition coefficient (Wildman–Crippen LogP) is 0.402. The Bertz CT molecular complexity index is 474. The lowest BCUT2D eigenvalue weighted by atomic mass is 10.2. The number of hydrogen-bond donors (Lipinski definition) is 2. The molecule has 1 rings (SSSR count). The van der Waals surface area contributed by atoms with E-state index in [1.807, 2.05) is 0 Å². The first-order chi connectivity index (χ1) is 7.07. The van der Waals surface area contributed by atoms with Crippen LogP contribution in [-0.2, 0) is 10.0 Å². The number of sulfonamides is 1. The lowest BCUT2D eigenvalue weighted by Gasteiger charge is -2.06. The Morgan fingerprint density at radius 2 is 2.20 bits per heavy atom. The molecule has 0 aliphatic rings. The van der Waals surface area contributed by atoms with Gasteiger partial charge in [-0.25, -0.2) is 8.42 Å². The Balaban J connectivity index is 2.86. The van der Waals surface area contributed by atoms with Crippen molar-refractivity contribution in [3.05, 3.63) is 29.8 Å². The van der Waals surface area contributed by atoms with Crippen LogP contribution in [0.3, 0.4) is 0 Å². The molecule has 1 aromatic rings. The fraction of sp³-hybridized carbons (Fsp3) is 0.200. The van der Waals surface area contributed by atoms with Crippen LogP contribution in [0.4, 0.5) is 5.69 Å². The smallest absolute Gasteiger partial charge is 0.234 e. The van der Waals surface area contributed by atoms with Crippen LogP contribution < -0.4 is 4.72 Å². The third kappa shape index (κ3) is 3.62. The van der Waals surface area contributed by atoms with Crippen LogP contribution >= 0.6 is 0 Å². The SMILES string of the molecule is C#Cc1cccc(NS(=O)(=O)CCO)c1. The fourth-order valence-electron chi connectivity index (χ4n) is 1.02. The van der Waals surface area contributed by atoms with Crippen molar-refractivity contribution < 1.29 is 13.5 Å². The van der Waals surface area contributed by atoms with E-state index in [4.69, 9.17) is 11.5 Å². The normalized spacial score (nSPS) is 10.7. The number of terminal acetylenes is 1. The lowest BCUT2D eigenvalue weighted by Crippen LogP contribution is -2.18. The molecule has 0 atom stereocenters. The maximum Gasteiger partial charge on any atom is 0.234 e. The molecule has 15 heavy (non-hydrogen) atoms. The van der Waals surface area contributed by atoms with Crippen LogP contribution in [0, 0.1) is 12.3 Å². The van der Waals surface area contributed by atoms with Gasteiger partial charge < -0.3 is 5.11 Å². The molecule has 0 unspecified atom stereocenters. The summed E-state index contributed by atoms with van der Waals surface area (Å²) in [5, 5.41) is 8.53. The largest absolute Gasteiger partial charge is 0.395 e. The third-order valence-electron chi connectivity index (χ3n) is 1.66. The minimum absolute atomic E-state index is 0.326. The van der Waals surface area contributed by atoms with Crippen LogP contribution in [0.5, 0.6) is 0 Å². The van der Waals surface area contributed by atoms with Crippen molar-refractivity contribution in [2.75, 3.05) is 17.1 Å². The van der Waals surface area contributed by atoms with Crippen molar-refractivity contribution in [3.63, 3.8) is 0 Å². The van der Waals surface area contributed by atoms with E-state index >= 15 is 0 Å². The summed E-state index contributed by atoms with van der Waals surface area (Å²) in [6, 6.07) is 6.50. The number of hydrogen-bond acceptors (Lipinski definition) is 3. The van der Waals surface area contributed by atoms with Gasteiger partial charge in [-0.3, -0.25) is 4.72 Å². The maximum atomic E-state index is 11.3. The number of aliphatic hydroxyl groups is 1. The first-order valence-corrected chi connectivity index (χ1v) is 5.90. The Hall–Kier alpha value is -1.51. The molecule has 0 radical (unpaired) electrons. The van der Waals surface area contributed by atoms with E-state index < -0.39 is 16.6 Å². The summed E-state index contributed by atoms with van der Waals surface area (Å²) in [6.45, 7) is -0.413. The number of nitrogens with one attached hydrogen (secondary N) is 1. The second-order valence-electron chi connectivity index (χ2n) is 2.87. The molecule has 80 valence electrons. The van der Waals surface area contributed by atoms with Gasteiger partial charge in [0.15, 0.2) is 0 Å². The van der Waals surface area contributed by atoms with E-state index in [-0.39, 0.29) is 5.75 Å². The minimum atomic E-state index is -3.48. The first-order valence-electron chi connectivity index (χ1n) is 4.25. The van der Waals surface area contributed by atoms with E-state index in [2.05, 4.69) is 10.6 Å². The molecule has 0 amide bonds. The zero-order valence-corrected chi connectivity index (χ0v) is 8.79. The van der Waals surface area contributed by atoms with Gasteiger partial charge in [-0.2, -0.15) is 0 Å². The van der Waals surface area contributed by atoms with Crippen LogP contribution in [0.1, 0.15) is 5.56 Å². The molecule has 5 heteroatoms.